The van der Waals surface area contributed by atoms with Crippen LogP contribution >= 0.6 is 0 Å². The fourth-order valence-electron chi connectivity index (χ4n) is 5.58. The largest absolute Gasteiger partial charge is 0.486 e. The van der Waals surface area contributed by atoms with Gasteiger partial charge >= 0.3 is 0 Å². The van der Waals surface area contributed by atoms with Crippen molar-refractivity contribution in [2.75, 3.05) is 33.2 Å². The van der Waals surface area contributed by atoms with E-state index in [-0.39, 0.29) is 17.6 Å². The van der Waals surface area contributed by atoms with E-state index in [1.165, 1.54) is 0 Å². The van der Waals surface area contributed by atoms with Gasteiger partial charge in [-0.3, -0.25) is 9.59 Å². The molecule has 0 radical (unpaired) electrons. The summed E-state index contributed by atoms with van der Waals surface area (Å²) in [5.41, 5.74) is 0.250. The summed E-state index contributed by atoms with van der Waals surface area (Å²) in [5.74, 6) is 1.85. The Morgan fingerprint density at radius 2 is 2.04 bits per heavy atom. The van der Waals surface area contributed by atoms with Crippen molar-refractivity contribution in [3.63, 3.8) is 0 Å². The van der Waals surface area contributed by atoms with Gasteiger partial charge in [-0.2, -0.15) is 0 Å². The first-order chi connectivity index (χ1) is 12.6. The summed E-state index contributed by atoms with van der Waals surface area (Å²) in [6, 6.07) is 7.54. The number of rotatable bonds is 1. The van der Waals surface area contributed by atoms with Crippen LogP contribution in [0.5, 0.6) is 5.75 Å². The number of ketones is 1. The number of carbonyl (C=O) groups is 2. The maximum atomic E-state index is 13.2. The van der Waals surface area contributed by atoms with Crippen LogP contribution in [0.4, 0.5) is 0 Å². The third kappa shape index (κ3) is 2.40. The molecule has 26 heavy (non-hydrogen) atoms. The summed E-state index contributed by atoms with van der Waals surface area (Å²) in [4.78, 5) is 30.2. The predicted molar refractivity (Wildman–Crippen MR) is 97.1 cm³/mol. The van der Waals surface area contributed by atoms with Crippen molar-refractivity contribution in [3.8, 4) is 5.75 Å². The van der Waals surface area contributed by atoms with Gasteiger partial charge in [0.1, 0.15) is 11.4 Å². The number of carbonyl (C=O) groups excluding carboxylic acids is 2. The molecule has 4 atom stereocenters. The van der Waals surface area contributed by atoms with Gasteiger partial charge in [-0.25, -0.2) is 0 Å². The molecule has 1 saturated heterocycles. The van der Waals surface area contributed by atoms with E-state index >= 15 is 0 Å². The molecule has 1 aromatic carbocycles. The van der Waals surface area contributed by atoms with Crippen LogP contribution in [0.1, 0.15) is 36.0 Å². The van der Waals surface area contributed by atoms with Gasteiger partial charge in [0.2, 0.25) is 5.91 Å². The fraction of sp³-hybridized carbons (Fsp3) is 0.619. The van der Waals surface area contributed by atoms with E-state index in [0.29, 0.717) is 29.6 Å². The van der Waals surface area contributed by atoms with E-state index < -0.39 is 5.60 Å². The number of ether oxygens (including phenoxy) is 1. The molecule has 2 aliphatic carbocycles. The van der Waals surface area contributed by atoms with Gasteiger partial charge in [-0.05, 0) is 50.9 Å². The lowest BCUT2D eigenvalue weighted by Crippen LogP contribution is -2.45. The Bertz CT molecular complexity index is 763. The average molecular weight is 354 g/mol. The highest BCUT2D eigenvalue weighted by molar-refractivity contribution is 6.00. The molecule has 3 fully saturated rings. The smallest absolute Gasteiger partial charge is 0.226 e. The van der Waals surface area contributed by atoms with Gasteiger partial charge in [0.15, 0.2) is 5.78 Å². The number of Topliss-reactive ketones (excluding diaryl/α,β-unsaturated/α-hetero) is 1. The van der Waals surface area contributed by atoms with Gasteiger partial charge in [-0.1, -0.05) is 12.1 Å². The number of hydrogen-bond donors (Lipinski definition) is 0. The van der Waals surface area contributed by atoms with E-state index in [0.717, 1.165) is 45.4 Å². The van der Waals surface area contributed by atoms with Crippen molar-refractivity contribution in [1.29, 1.82) is 0 Å². The van der Waals surface area contributed by atoms with Gasteiger partial charge in [0.05, 0.1) is 12.0 Å². The molecule has 0 bridgehead atoms. The van der Waals surface area contributed by atoms with E-state index in [1.54, 1.807) is 0 Å². The van der Waals surface area contributed by atoms with Crippen LogP contribution in [0, 0.1) is 17.8 Å². The summed E-state index contributed by atoms with van der Waals surface area (Å²) in [7, 11) is 2.12. The van der Waals surface area contributed by atoms with Gasteiger partial charge < -0.3 is 14.5 Å². The molecule has 138 valence electrons. The van der Waals surface area contributed by atoms with E-state index in [4.69, 9.17) is 4.74 Å². The van der Waals surface area contributed by atoms with Gasteiger partial charge in [-0.15, -0.1) is 0 Å². The number of hydrogen-bond acceptors (Lipinski definition) is 4. The fourth-order valence-corrected chi connectivity index (χ4v) is 5.58. The third-order valence-electron chi connectivity index (χ3n) is 6.95. The molecule has 0 aromatic heterocycles. The van der Waals surface area contributed by atoms with Crippen molar-refractivity contribution >= 4 is 11.7 Å². The monoisotopic (exact) mass is 354 g/mol. The standard InChI is InChI=1S/C21H26N2O3/c1-22-9-4-10-23(12-11-22)20(25)18-15-7-8-21(19(15)18)13-16(24)14-5-2-3-6-17(14)26-21/h2-3,5-6,15,18-19H,4,7-13H2,1H3/t15-,18+,19+,21-/m1/s1. The van der Waals surface area contributed by atoms with Crippen LogP contribution in [0.3, 0.4) is 0 Å². The first kappa shape index (κ1) is 16.3. The highest BCUT2D eigenvalue weighted by atomic mass is 16.5. The topological polar surface area (TPSA) is 49.9 Å². The minimum absolute atomic E-state index is 0.0604. The van der Waals surface area contributed by atoms with Crippen LogP contribution in [0.25, 0.3) is 0 Å². The van der Waals surface area contributed by atoms with Crippen LogP contribution in [-0.2, 0) is 4.79 Å². The van der Waals surface area contributed by atoms with Crippen molar-refractivity contribution in [1.82, 2.24) is 9.80 Å². The molecule has 4 aliphatic rings. The molecular weight excluding hydrogens is 328 g/mol. The van der Waals surface area contributed by atoms with Gasteiger partial charge in [0, 0.05) is 31.5 Å². The molecule has 5 heteroatoms. The number of benzene rings is 1. The van der Waals surface area contributed by atoms with E-state index in [1.807, 2.05) is 24.3 Å². The molecule has 0 unspecified atom stereocenters. The predicted octanol–water partition coefficient (Wildman–Crippen LogP) is 2.21. The molecule has 1 amide bonds. The Labute approximate surface area is 154 Å². The number of nitrogens with zero attached hydrogens (tertiary/aromatic N) is 2. The van der Waals surface area contributed by atoms with Crippen molar-refractivity contribution in [3.05, 3.63) is 29.8 Å². The molecule has 2 saturated carbocycles. The zero-order chi connectivity index (χ0) is 17.9. The first-order valence-electron chi connectivity index (χ1n) is 9.88. The van der Waals surface area contributed by atoms with E-state index in [9.17, 15) is 9.59 Å². The summed E-state index contributed by atoms with van der Waals surface area (Å²) >= 11 is 0. The molecule has 2 aliphatic heterocycles. The van der Waals surface area contributed by atoms with Crippen LogP contribution in [0.15, 0.2) is 24.3 Å². The minimum atomic E-state index is -0.445. The third-order valence-corrected chi connectivity index (χ3v) is 6.95. The highest BCUT2D eigenvalue weighted by Gasteiger charge is 2.71. The lowest BCUT2D eigenvalue weighted by atomic mass is 9.84. The normalized spacial score (nSPS) is 36.3. The van der Waals surface area contributed by atoms with Crippen LogP contribution < -0.4 is 4.74 Å². The van der Waals surface area contributed by atoms with Crippen LogP contribution in [-0.4, -0.2) is 60.3 Å². The van der Waals surface area contributed by atoms with Crippen LogP contribution in [0.2, 0.25) is 0 Å². The Morgan fingerprint density at radius 1 is 1.19 bits per heavy atom. The quantitative estimate of drug-likeness (QED) is 0.776. The van der Waals surface area contributed by atoms with Gasteiger partial charge in [0.25, 0.3) is 0 Å². The maximum Gasteiger partial charge on any atom is 0.226 e. The minimum Gasteiger partial charge on any atom is -0.486 e. The highest BCUT2D eigenvalue weighted by Crippen LogP contribution is 2.66. The summed E-state index contributed by atoms with van der Waals surface area (Å²) in [6.07, 6.45) is 3.37. The molecule has 5 rings (SSSR count). The second kappa shape index (κ2) is 5.81. The Hall–Kier alpha value is -1.88. The Balaban J connectivity index is 1.35. The Kier molecular flexibility index (Phi) is 3.64. The van der Waals surface area contributed by atoms with Crippen molar-refractivity contribution < 1.29 is 14.3 Å². The summed E-state index contributed by atoms with van der Waals surface area (Å²) in [6.45, 7) is 3.68. The Morgan fingerprint density at radius 3 is 2.92 bits per heavy atom. The number of fused-ring (bicyclic) bond motifs is 3. The molecule has 1 aromatic rings. The van der Waals surface area contributed by atoms with E-state index in [2.05, 4.69) is 16.8 Å². The van der Waals surface area contributed by atoms with Crippen molar-refractivity contribution in [2.45, 2.75) is 31.3 Å². The molecular formula is C21H26N2O3. The second-order valence-electron chi connectivity index (χ2n) is 8.50. The molecule has 0 N–H and O–H groups in total. The summed E-state index contributed by atoms with van der Waals surface area (Å²) in [5, 5.41) is 0. The number of likely N-dealkylation sites (N-methyl/N-ethyl adjacent to an activating group) is 1. The maximum absolute atomic E-state index is 13.2. The molecule has 1 spiro atoms. The zero-order valence-electron chi connectivity index (χ0n) is 15.3. The average Bonchev–Trinajstić information content (AvgIpc) is 3.33. The second-order valence-corrected chi connectivity index (χ2v) is 8.50. The molecule has 5 nitrogen and oxygen atoms in total. The molecule has 2 heterocycles. The number of amides is 1. The van der Waals surface area contributed by atoms with Crippen molar-refractivity contribution in [2.24, 2.45) is 17.8 Å². The SMILES string of the molecule is CN1CCCN(C(=O)[C@H]2[C@H]3CC[C@@]4(CC(=O)c5ccccc5O4)[C@@H]32)CC1. The lowest BCUT2D eigenvalue weighted by Gasteiger charge is -2.37. The lowest BCUT2D eigenvalue weighted by molar-refractivity contribution is -0.134. The number of para-hydroxylation sites is 1. The summed E-state index contributed by atoms with van der Waals surface area (Å²) < 4.78 is 6.41. The first-order valence-corrected chi connectivity index (χ1v) is 9.88. The zero-order valence-corrected chi connectivity index (χ0v) is 15.3.